The van der Waals surface area contributed by atoms with Crippen LogP contribution in [0.3, 0.4) is 0 Å². The van der Waals surface area contributed by atoms with Crippen molar-refractivity contribution in [3.05, 3.63) is 17.7 Å². The van der Waals surface area contributed by atoms with Crippen LogP contribution in [0, 0.1) is 6.92 Å². The van der Waals surface area contributed by atoms with Crippen molar-refractivity contribution in [1.82, 2.24) is 20.2 Å². The van der Waals surface area contributed by atoms with E-state index in [-0.39, 0.29) is 5.91 Å². The Morgan fingerprint density at radius 1 is 1.47 bits per heavy atom. The normalized spacial score (nSPS) is 17.5. The molecular weight excluding hydrogens is 192 g/mol. The Balaban J connectivity index is 2.06. The predicted molar refractivity (Wildman–Crippen MR) is 56.7 cm³/mol. The van der Waals surface area contributed by atoms with E-state index in [1.165, 1.54) is 0 Å². The Kier molecular flexibility index (Phi) is 3.01. The summed E-state index contributed by atoms with van der Waals surface area (Å²) in [4.78, 5) is 20.9. The summed E-state index contributed by atoms with van der Waals surface area (Å²) in [6.45, 7) is 5.31. The minimum absolute atomic E-state index is 0.0549. The molecule has 0 atom stereocenters. The van der Waals surface area contributed by atoms with Crippen molar-refractivity contribution >= 4 is 5.91 Å². The first-order chi connectivity index (χ1) is 7.27. The highest BCUT2D eigenvalue weighted by Gasteiger charge is 2.18. The van der Waals surface area contributed by atoms with Crippen LogP contribution in [0.2, 0.25) is 0 Å². The summed E-state index contributed by atoms with van der Waals surface area (Å²) in [5.41, 5.74) is 0.592. The molecule has 0 bridgehead atoms. The third-order valence-electron chi connectivity index (χ3n) is 2.56. The molecule has 2 heterocycles. The second-order valence-electron chi connectivity index (χ2n) is 3.78. The highest BCUT2D eigenvalue weighted by molar-refractivity contribution is 5.92. The summed E-state index contributed by atoms with van der Waals surface area (Å²) in [7, 11) is 0. The zero-order valence-electron chi connectivity index (χ0n) is 8.92. The average Bonchev–Trinajstić information content (AvgIpc) is 2.53. The molecule has 2 N–H and O–H groups in total. The van der Waals surface area contributed by atoms with Gasteiger partial charge in [-0.25, -0.2) is 4.98 Å². The number of H-pyrrole nitrogens is 1. The summed E-state index contributed by atoms with van der Waals surface area (Å²) in [5.74, 6) is 0.839. The molecule has 0 spiro atoms. The quantitative estimate of drug-likeness (QED) is 0.691. The third-order valence-corrected chi connectivity index (χ3v) is 2.56. The van der Waals surface area contributed by atoms with Crippen LogP contribution in [0.15, 0.2) is 6.20 Å². The molecule has 0 aromatic carbocycles. The van der Waals surface area contributed by atoms with Crippen molar-refractivity contribution in [3.63, 3.8) is 0 Å². The van der Waals surface area contributed by atoms with Gasteiger partial charge in [0.25, 0.3) is 5.91 Å². The van der Waals surface area contributed by atoms with Crippen LogP contribution in [0.1, 0.15) is 22.7 Å². The van der Waals surface area contributed by atoms with Crippen LogP contribution in [-0.4, -0.2) is 47.0 Å². The van der Waals surface area contributed by atoms with Gasteiger partial charge in [-0.15, -0.1) is 0 Å². The molecule has 1 aliphatic heterocycles. The summed E-state index contributed by atoms with van der Waals surface area (Å²) in [5, 5.41) is 3.27. The van der Waals surface area contributed by atoms with Gasteiger partial charge in [0.2, 0.25) is 0 Å². The molecular formula is C10H16N4O. The number of nitrogens with zero attached hydrogens (tertiary/aromatic N) is 2. The van der Waals surface area contributed by atoms with Gasteiger partial charge in [0, 0.05) is 19.6 Å². The lowest BCUT2D eigenvalue weighted by Crippen LogP contribution is -2.34. The largest absolute Gasteiger partial charge is 0.338 e. The number of hydrogen-bond acceptors (Lipinski definition) is 3. The highest BCUT2D eigenvalue weighted by atomic mass is 16.2. The molecule has 0 unspecified atom stereocenters. The molecule has 15 heavy (non-hydrogen) atoms. The predicted octanol–water partition coefficient (Wildman–Crippen LogP) is 0.154. The summed E-state index contributed by atoms with van der Waals surface area (Å²) in [6.07, 6.45) is 2.62. The van der Waals surface area contributed by atoms with E-state index in [0.29, 0.717) is 5.69 Å². The molecule has 82 valence electrons. The molecule has 2 rings (SSSR count). The number of amides is 1. The number of imidazole rings is 1. The molecule has 1 amide bonds. The summed E-state index contributed by atoms with van der Waals surface area (Å²) >= 11 is 0. The van der Waals surface area contributed by atoms with Crippen molar-refractivity contribution in [2.45, 2.75) is 13.3 Å². The van der Waals surface area contributed by atoms with Gasteiger partial charge in [-0.2, -0.15) is 0 Å². The summed E-state index contributed by atoms with van der Waals surface area (Å²) < 4.78 is 0. The van der Waals surface area contributed by atoms with Gasteiger partial charge in [0.05, 0.1) is 6.20 Å². The fraction of sp³-hybridized carbons (Fsp3) is 0.600. The maximum absolute atomic E-state index is 12.0. The molecule has 0 saturated carbocycles. The number of aryl methyl sites for hydroxylation is 1. The lowest BCUT2D eigenvalue weighted by Gasteiger charge is -2.18. The van der Waals surface area contributed by atoms with Gasteiger partial charge < -0.3 is 15.2 Å². The van der Waals surface area contributed by atoms with Crippen molar-refractivity contribution in [3.8, 4) is 0 Å². The van der Waals surface area contributed by atoms with Crippen molar-refractivity contribution < 1.29 is 4.79 Å². The van der Waals surface area contributed by atoms with Crippen molar-refractivity contribution in [2.24, 2.45) is 0 Å². The van der Waals surface area contributed by atoms with E-state index < -0.39 is 0 Å². The Morgan fingerprint density at radius 2 is 2.33 bits per heavy atom. The molecule has 0 radical (unpaired) electrons. The molecule has 1 fully saturated rings. The third kappa shape index (κ3) is 2.36. The minimum Gasteiger partial charge on any atom is -0.338 e. The first kappa shape index (κ1) is 10.2. The van der Waals surface area contributed by atoms with Crippen LogP contribution in [-0.2, 0) is 0 Å². The van der Waals surface area contributed by atoms with Gasteiger partial charge in [-0.05, 0) is 19.9 Å². The topological polar surface area (TPSA) is 61.0 Å². The van der Waals surface area contributed by atoms with Gasteiger partial charge in [0.15, 0.2) is 0 Å². The second-order valence-corrected chi connectivity index (χ2v) is 3.78. The molecule has 1 saturated heterocycles. The second kappa shape index (κ2) is 4.44. The van der Waals surface area contributed by atoms with Crippen LogP contribution in [0.5, 0.6) is 0 Å². The maximum Gasteiger partial charge on any atom is 0.271 e. The Morgan fingerprint density at radius 3 is 3.07 bits per heavy atom. The van der Waals surface area contributed by atoms with E-state index in [4.69, 9.17) is 0 Å². The number of rotatable bonds is 1. The fourth-order valence-electron chi connectivity index (χ4n) is 1.75. The summed E-state index contributed by atoms with van der Waals surface area (Å²) in [6, 6.07) is 0. The number of nitrogens with one attached hydrogen (secondary N) is 2. The van der Waals surface area contributed by atoms with E-state index in [0.717, 1.165) is 38.4 Å². The molecule has 0 aliphatic carbocycles. The SMILES string of the molecule is Cc1ncc(C(=O)N2CCCNCC2)[nH]1. The minimum atomic E-state index is 0.0549. The number of carbonyl (C=O) groups is 1. The lowest BCUT2D eigenvalue weighted by atomic mass is 10.3. The van der Waals surface area contributed by atoms with Gasteiger partial charge in [-0.1, -0.05) is 0 Å². The van der Waals surface area contributed by atoms with Crippen LogP contribution in [0.4, 0.5) is 0 Å². The standard InChI is InChI=1S/C10H16N4O/c1-8-12-7-9(13-8)10(15)14-5-2-3-11-4-6-14/h7,11H,2-6H2,1H3,(H,12,13). The monoisotopic (exact) mass is 208 g/mol. The first-order valence-electron chi connectivity index (χ1n) is 5.29. The Labute approximate surface area is 88.9 Å². The number of aromatic nitrogens is 2. The van der Waals surface area contributed by atoms with Crippen molar-refractivity contribution in [1.29, 1.82) is 0 Å². The van der Waals surface area contributed by atoms with Crippen LogP contribution in [0.25, 0.3) is 0 Å². The number of hydrogen-bond donors (Lipinski definition) is 2. The molecule has 1 aromatic heterocycles. The van der Waals surface area contributed by atoms with Gasteiger partial charge in [0.1, 0.15) is 11.5 Å². The van der Waals surface area contributed by atoms with E-state index in [1.54, 1.807) is 6.20 Å². The van der Waals surface area contributed by atoms with E-state index in [1.807, 2.05) is 11.8 Å². The molecule has 5 nitrogen and oxygen atoms in total. The van der Waals surface area contributed by atoms with E-state index in [9.17, 15) is 4.79 Å². The highest BCUT2D eigenvalue weighted by Crippen LogP contribution is 2.04. The zero-order valence-corrected chi connectivity index (χ0v) is 8.92. The Bertz CT molecular complexity index is 339. The number of aromatic amines is 1. The molecule has 1 aromatic rings. The van der Waals surface area contributed by atoms with Gasteiger partial charge in [-0.3, -0.25) is 4.79 Å². The number of carbonyl (C=O) groups excluding carboxylic acids is 1. The molecule has 5 heteroatoms. The average molecular weight is 208 g/mol. The van der Waals surface area contributed by atoms with E-state index >= 15 is 0 Å². The smallest absolute Gasteiger partial charge is 0.271 e. The molecule has 1 aliphatic rings. The van der Waals surface area contributed by atoms with Crippen molar-refractivity contribution in [2.75, 3.05) is 26.2 Å². The maximum atomic E-state index is 12.0. The fourth-order valence-corrected chi connectivity index (χ4v) is 1.75. The van der Waals surface area contributed by atoms with Crippen LogP contribution >= 0.6 is 0 Å². The van der Waals surface area contributed by atoms with E-state index in [2.05, 4.69) is 15.3 Å². The lowest BCUT2D eigenvalue weighted by molar-refractivity contribution is 0.0761. The zero-order chi connectivity index (χ0) is 10.7. The van der Waals surface area contributed by atoms with Gasteiger partial charge >= 0.3 is 0 Å². The Hall–Kier alpha value is -1.36. The van der Waals surface area contributed by atoms with Crippen LogP contribution < -0.4 is 5.32 Å². The first-order valence-corrected chi connectivity index (χ1v) is 5.29.